The minimum atomic E-state index is -0.0754. The van der Waals surface area contributed by atoms with Crippen LogP contribution in [-0.4, -0.2) is 17.2 Å². The van der Waals surface area contributed by atoms with Gasteiger partial charge in [0.25, 0.3) is 0 Å². The van der Waals surface area contributed by atoms with E-state index in [0.29, 0.717) is 10.0 Å². The van der Waals surface area contributed by atoms with Gasteiger partial charge in [-0.3, -0.25) is 4.79 Å². The Labute approximate surface area is 176 Å². The van der Waals surface area contributed by atoms with Gasteiger partial charge >= 0.3 is 0 Å². The van der Waals surface area contributed by atoms with E-state index in [1.165, 1.54) is 17.3 Å². The number of phenolic OH excluding ortho intramolecular Hbond substituents is 1. The lowest BCUT2D eigenvalue weighted by molar-refractivity contribution is -0.122. The molecule has 2 aromatic carbocycles. The number of aromatic hydroxyl groups is 1. The van der Waals surface area contributed by atoms with E-state index < -0.39 is 0 Å². The topological polar surface area (TPSA) is 61.7 Å². The molecule has 0 bridgehead atoms. The standard InChI is InChI=1S/C21H22Br2N2O2/c1-21(2,3)14-6-4-12(5-7-14)15-9-16(15)20(27)25-24-11-13-8-19(26)18(23)10-17(13)22/h4-8,10-11,15-16,26H,9H2,1-3H3,(H,25,27)/b24-11+/t15-,16+/m0/s1. The first-order valence-corrected chi connectivity index (χ1v) is 10.4. The number of hydrogen-bond donors (Lipinski definition) is 2. The Morgan fingerprint density at radius 2 is 1.85 bits per heavy atom. The second kappa shape index (κ2) is 7.76. The van der Waals surface area contributed by atoms with Crippen molar-refractivity contribution in [2.24, 2.45) is 11.0 Å². The second-order valence-electron chi connectivity index (χ2n) is 7.88. The van der Waals surface area contributed by atoms with Crippen LogP contribution in [0.1, 0.15) is 49.8 Å². The minimum absolute atomic E-state index is 0.0376. The highest BCUT2D eigenvalue weighted by atomic mass is 79.9. The van der Waals surface area contributed by atoms with Crippen LogP contribution in [0.5, 0.6) is 5.75 Å². The molecule has 0 radical (unpaired) electrons. The van der Waals surface area contributed by atoms with E-state index in [9.17, 15) is 9.90 Å². The number of hydrazone groups is 1. The molecule has 1 aliphatic rings. The van der Waals surface area contributed by atoms with Crippen molar-refractivity contribution in [2.45, 2.75) is 38.5 Å². The predicted octanol–water partition coefficient (Wildman–Crippen LogP) is 5.47. The molecule has 2 atom stereocenters. The molecule has 2 aromatic rings. The van der Waals surface area contributed by atoms with E-state index >= 15 is 0 Å². The van der Waals surface area contributed by atoms with Crippen LogP contribution in [0.3, 0.4) is 0 Å². The fourth-order valence-electron chi connectivity index (χ4n) is 2.98. The molecule has 0 spiro atoms. The van der Waals surface area contributed by atoms with Crippen molar-refractivity contribution in [2.75, 3.05) is 0 Å². The molecule has 1 amide bonds. The largest absolute Gasteiger partial charge is 0.507 e. The maximum absolute atomic E-state index is 12.3. The molecule has 1 saturated carbocycles. The summed E-state index contributed by atoms with van der Waals surface area (Å²) in [7, 11) is 0. The van der Waals surface area contributed by atoms with Crippen molar-refractivity contribution >= 4 is 44.0 Å². The third-order valence-electron chi connectivity index (χ3n) is 4.78. The number of rotatable bonds is 4. The number of carbonyl (C=O) groups excluding carboxylic acids is 1. The first-order chi connectivity index (χ1) is 12.7. The highest BCUT2D eigenvalue weighted by molar-refractivity contribution is 9.11. The van der Waals surface area contributed by atoms with Crippen LogP contribution < -0.4 is 5.43 Å². The van der Waals surface area contributed by atoms with Crippen molar-refractivity contribution in [3.63, 3.8) is 0 Å². The van der Waals surface area contributed by atoms with E-state index in [2.05, 4.69) is 87.4 Å². The fraction of sp³-hybridized carbons (Fsp3) is 0.333. The molecule has 0 saturated heterocycles. The van der Waals surface area contributed by atoms with Gasteiger partial charge in [0, 0.05) is 16.0 Å². The summed E-state index contributed by atoms with van der Waals surface area (Å²) in [5.41, 5.74) is 5.91. The van der Waals surface area contributed by atoms with Crippen LogP contribution in [0.4, 0.5) is 0 Å². The Bertz CT molecular complexity index is 886. The number of phenols is 1. The SMILES string of the molecule is CC(C)(C)c1ccc([C@@H]2C[C@H]2C(=O)N/N=C/c2cc(O)c(Br)cc2Br)cc1. The summed E-state index contributed by atoms with van der Waals surface area (Å²) in [6.45, 7) is 6.57. The second-order valence-corrected chi connectivity index (χ2v) is 9.59. The molecule has 2 N–H and O–H groups in total. The van der Waals surface area contributed by atoms with Gasteiger partial charge in [-0.05, 0) is 56.9 Å². The van der Waals surface area contributed by atoms with Gasteiger partial charge in [0.1, 0.15) is 5.75 Å². The Morgan fingerprint density at radius 3 is 2.48 bits per heavy atom. The molecular formula is C21H22Br2N2O2. The number of hydrogen-bond acceptors (Lipinski definition) is 3. The van der Waals surface area contributed by atoms with E-state index in [1.807, 2.05) is 0 Å². The lowest BCUT2D eigenvalue weighted by Gasteiger charge is -2.19. The maximum Gasteiger partial charge on any atom is 0.243 e. The van der Waals surface area contributed by atoms with Crippen molar-refractivity contribution in [1.29, 1.82) is 0 Å². The van der Waals surface area contributed by atoms with Crippen LogP contribution in [-0.2, 0) is 10.2 Å². The average molecular weight is 494 g/mol. The summed E-state index contributed by atoms with van der Waals surface area (Å²) in [6, 6.07) is 11.9. The highest BCUT2D eigenvalue weighted by Crippen LogP contribution is 2.47. The molecular weight excluding hydrogens is 472 g/mol. The number of halogens is 2. The van der Waals surface area contributed by atoms with Gasteiger partial charge < -0.3 is 5.11 Å². The van der Waals surface area contributed by atoms with E-state index in [1.54, 1.807) is 12.1 Å². The third kappa shape index (κ3) is 4.79. The molecule has 0 unspecified atom stereocenters. The number of nitrogens with zero attached hydrogens (tertiary/aromatic N) is 1. The number of carbonyl (C=O) groups is 1. The van der Waals surface area contributed by atoms with Crippen molar-refractivity contribution < 1.29 is 9.90 Å². The lowest BCUT2D eigenvalue weighted by atomic mass is 9.86. The molecule has 4 nitrogen and oxygen atoms in total. The van der Waals surface area contributed by atoms with Crippen LogP contribution in [0.2, 0.25) is 0 Å². The van der Waals surface area contributed by atoms with E-state index in [0.717, 1.165) is 10.9 Å². The van der Waals surface area contributed by atoms with Crippen molar-refractivity contribution in [3.05, 3.63) is 62.0 Å². The van der Waals surface area contributed by atoms with Gasteiger partial charge in [-0.2, -0.15) is 5.10 Å². The van der Waals surface area contributed by atoms with Crippen LogP contribution in [0, 0.1) is 5.92 Å². The highest BCUT2D eigenvalue weighted by Gasteiger charge is 2.44. The molecule has 27 heavy (non-hydrogen) atoms. The fourth-order valence-corrected chi connectivity index (χ4v) is 4.08. The summed E-state index contributed by atoms with van der Waals surface area (Å²) in [4.78, 5) is 12.3. The molecule has 3 rings (SSSR count). The van der Waals surface area contributed by atoms with E-state index in [4.69, 9.17) is 0 Å². The Morgan fingerprint density at radius 1 is 1.19 bits per heavy atom. The summed E-state index contributed by atoms with van der Waals surface area (Å²) in [5.74, 6) is 0.266. The molecule has 6 heteroatoms. The van der Waals surface area contributed by atoms with Gasteiger partial charge in [-0.1, -0.05) is 61.0 Å². The normalized spacial score (nSPS) is 19.3. The Hall–Kier alpha value is -1.66. The van der Waals surface area contributed by atoms with Crippen LogP contribution >= 0.6 is 31.9 Å². The first kappa shape index (κ1) is 20.1. The lowest BCUT2D eigenvalue weighted by Crippen LogP contribution is -2.20. The molecule has 0 aliphatic heterocycles. The Kier molecular flexibility index (Phi) is 5.77. The smallest absolute Gasteiger partial charge is 0.243 e. The zero-order valence-corrected chi connectivity index (χ0v) is 18.6. The third-order valence-corrected chi connectivity index (χ3v) is 6.10. The quantitative estimate of drug-likeness (QED) is 0.438. The van der Waals surface area contributed by atoms with Crippen molar-refractivity contribution in [3.8, 4) is 5.75 Å². The molecule has 0 aromatic heterocycles. The molecule has 0 heterocycles. The van der Waals surface area contributed by atoms with Gasteiger partial charge in [0.2, 0.25) is 5.91 Å². The van der Waals surface area contributed by atoms with Crippen molar-refractivity contribution in [1.82, 2.24) is 5.43 Å². The van der Waals surface area contributed by atoms with Gasteiger partial charge in [0.15, 0.2) is 0 Å². The van der Waals surface area contributed by atoms with Gasteiger partial charge in [0.05, 0.1) is 10.7 Å². The van der Waals surface area contributed by atoms with Crippen LogP contribution in [0.15, 0.2) is 50.4 Å². The maximum atomic E-state index is 12.3. The minimum Gasteiger partial charge on any atom is -0.507 e. The zero-order chi connectivity index (χ0) is 19.8. The number of benzene rings is 2. The summed E-state index contributed by atoms with van der Waals surface area (Å²) >= 11 is 6.65. The Balaban J connectivity index is 1.58. The monoisotopic (exact) mass is 492 g/mol. The molecule has 142 valence electrons. The van der Waals surface area contributed by atoms with E-state index in [-0.39, 0.29) is 28.9 Å². The zero-order valence-electron chi connectivity index (χ0n) is 15.5. The number of nitrogens with one attached hydrogen (secondary N) is 1. The predicted molar refractivity (Wildman–Crippen MR) is 115 cm³/mol. The summed E-state index contributed by atoms with van der Waals surface area (Å²) < 4.78 is 1.36. The summed E-state index contributed by atoms with van der Waals surface area (Å²) in [6.07, 6.45) is 2.36. The molecule has 1 aliphatic carbocycles. The van der Waals surface area contributed by atoms with Gasteiger partial charge in [-0.15, -0.1) is 0 Å². The summed E-state index contributed by atoms with van der Waals surface area (Å²) in [5, 5.41) is 13.8. The average Bonchev–Trinajstić information content (AvgIpc) is 3.39. The molecule has 1 fully saturated rings. The number of amides is 1. The first-order valence-electron chi connectivity index (χ1n) is 8.78. The van der Waals surface area contributed by atoms with Crippen LogP contribution in [0.25, 0.3) is 0 Å². The van der Waals surface area contributed by atoms with Gasteiger partial charge in [-0.25, -0.2) is 5.43 Å².